The van der Waals surface area contributed by atoms with Crippen LogP contribution in [0.4, 0.5) is 4.79 Å². The van der Waals surface area contributed by atoms with E-state index in [9.17, 15) is 14.4 Å². The molecule has 1 atom stereocenters. The molecule has 0 saturated carbocycles. The van der Waals surface area contributed by atoms with Gasteiger partial charge in [0, 0.05) is 31.7 Å². The summed E-state index contributed by atoms with van der Waals surface area (Å²) in [5.74, 6) is 1.21. The summed E-state index contributed by atoms with van der Waals surface area (Å²) < 4.78 is 12.1. The predicted octanol–water partition coefficient (Wildman–Crippen LogP) is 14.8. The zero-order chi connectivity index (χ0) is 39.2. The van der Waals surface area contributed by atoms with Gasteiger partial charge in [0.15, 0.2) is 0 Å². The Morgan fingerprint density at radius 3 is 1.17 bits per heavy atom. The summed E-state index contributed by atoms with van der Waals surface area (Å²) in [6.45, 7) is 14.5. The Kier molecular flexibility index (Phi) is 38.1. The second-order valence-electron chi connectivity index (χ2n) is 16.0. The van der Waals surface area contributed by atoms with Gasteiger partial charge in [0.05, 0.1) is 0 Å². The quantitative estimate of drug-likeness (QED) is 0.0458. The maximum Gasteiger partial charge on any atom is 0.306 e. The second kappa shape index (κ2) is 39.0. The third-order valence-electron chi connectivity index (χ3n) is 10.8. The fourth-order valence-electron chi connectivity index (χ4n) is 6.93. The van der Waals surface area contributed by atoms with Crippen molar-refractivity contribution in [1.29, 1.82) is 0 Å². The van der Waals surface area contributed by atoms with Crippen molar-refractivity contribution in [2.24, 2.45) is 5.92 Å². The summed E-state index contributed by atoms with van der Waals surface area (Å²) in [6, 6.07) is 0. The molecule has 0 aromatic rings. The van der Waals surface area contributed by atoms with Gasteiger partial charge in [-0.1, -0.05) is 162 Å². The molecule has 1 unspecified atom stereocenters. The number of unbranched alkanes of at least 4 members (excludes halogenated alkanes) is 16. The van der Waals surface area contributed by atoms with E-state index in [1.54, 1.807) is 0 Å². The van der Waals surface area contributed by atoms with E-state index in [4.69, 9.17) is 9.47 Å². The van der Waals surface area contributed by atoms with E-state index >= 15 is 0 Å². The van der Waals surface area contributed by atoms with Crippen molar-refractivity contribution in [2.75, 3.05) is 18.8 Å². The monoisotopic (exact) mass is 768 g/mol. The summed E-state index contributed by atoms with van der Waals surface area (Å²) in [4.78, 5) is 41.4. The highest BCUT2D eigenvalue weighted by Gasteiger charge is 2.19. The van der Waals surface area contributed by atoms with Gasteiger partial charge in [-0.3, -0.25) is 14.4 Å². The highest BCUT2D eigenvalue weighted by molar-refractivity contribution is 8.13. The van der Waals surface area contributed by atoms with Gasteiger partial charge in [-0.05, 0) is 83.0 Å². The first-order chi connectivity index (χ1) is 25.8. The molecule has 7 heteroatoms. The molecule has 0 heterocycles. The molecular formula is C46H89NO5S. The molecule has 0 N–H and O–H groups in total. The second-order valence-corrected chi connectivity index (χ2v) is 17.0. The molecule has 0 rings (SSSR count). The molecule has 0 spiro atoms. The molecule has 53 heavy (non-hydrogen) atoms. The number of hydrogen-bond donors (Lipinski definition) is 0. The fraction of sp³-hybridized carbons (Fsp3) is 0.935. The van der Waals surface area contributed by atoms with Crippen LogP contribution in [0.15, 0.2) is 0 Å². The number of amides is 1. The van der Waals surface area contributed by atoms with Gasteiger partial charge < -0.3 is 14.4 Å². The number of carbonyl (C=O) groups excluding carboxylic acids is 3. The highest BCUT2D eigenvalue weighted by Crippen LogP contribution is 2.21. The van der Waals surface area contributed by atoms with Crippen LogP contribution in [0.1, 0.15) is 241 Å². The van der Waals surface area contributed by atoms with Crippen molar-refractivity contribution in [1.82, 2.24) is 4.90 Å². The molecule has 0 aromatic carbocycles. The Bertz CT molecular complexity index is 759. The summed E-state index contributed by atoms with van der Waals surface area (Å²) in [6.07, 6.45) is 33.3. The van der Waals surface area contributed by atoms with E-state index in [0.717, 1.165) is 76.4 Å². The minimum absolute atomic E-state index is 0.00655. The van der Waals surface area contributed by atoms with Crippen molar-refractivity contribution >= 4 is 28.9 Å². The van der Waals surface area contributed by atoms with Crippen molar-refractivity contribution < 1.29 is 23.9 Å². The van der Waals surface area contributed by atoms with Gasteiger partial charge >= 0.3 is 11.9 Å². The van der Waals surface area contributed by atoms with E-state index in [1.807, 2.05) is 4.90 Å². The number of rotatable bonds is 39. The zero-order valence-electron chi connectivity index (χ0n) is 36.2. The fourth-order valence-corrected chi connectivity index (χ4v) is 7.78. The van der Waals surface area contributed by atoms with Gasteiger partial charge in [-0.15, -0.1) is 0 Å². The molecule has 0 bridgehead atoms. The van der Waals surface area contributed by atoms with Crippen LogP contribution in [0.25, 0.3) is 0 Å². The Balaban J connectivity index is 5.13. The van der Waals surface area contributed by atoms with Gasteiger partial charge in [0.25, 0.3) is 5.24 Å². The topological polar surface area (TPSA) is 72.9 Å². The Hall–Kier alpha value is -1.24. The maximum atomic E-state index is 13.4. The lowest BCUT2D eigenvalue weighted by atomic mass is 10.0. The van der Waals surface area contributed by atoms with E-state index in [2.05, 4.69) is 41.5 Å². The van der Waals surface area contributed by atoms with Gasteiger partial charge in [0.2, 0.25) is 0 Å². The number of ether oxygens (including phenoxy) is 2. The Labute approximate surface area is 334 Å². The van der Waals surface area contributed by atoms with E-state index in [1.165, 1.54) is 114 Å². The molecule has 0 fully saturated rings. The van der Waals surface area contributed by atoms with Gasteiger partial charge in [-0.25, -0.2) is 0 Å². The average Bonchev–Trinajstić information content (AvgIpc) is 3.14. The number of hydrogen-bond acceptors (Lipinski definition) is 6. The first-order valence-electron chi connectivity index (χ1n) is 23.1. The normalized spacial score (nSPS) is 12.1. The Morgan fingerprint density at radius 1 is 0.472 bits per heavy atom. The molecule has 0 saturated heterocycles. The van der Waals surface area contributed by atoms with Crippen LogP contribution >= 0.6 is 11.8 Å². The molecule has 6 nitrogen and oxygen atoms in total. The average molecular weight is 768 g/mol. The molecular weight excluding hydrogens is 679 g/mol. The summed E-state index contributed by atoms with van der Waals surface area (Å²) >= 11 is 1.39. The lowest BCUT2D eigenvalue weighted by Crippen LogP contribution is -2.31. The van der Waals surface area contributed by atoms with Crippen LogP contribution in [0.2, 0.25) is 0 Å². The highest BCUT2D eigenvalue weighted by atomic mass is 32.2. The first-order valence-corrected chi connectivity index (χ1v) is 24.1. The third kappa shape index (κ3) is 33.8. The Morgan fingerprint density at radius 2 is 0.830 bits per heavy atom. The zero-order valence-corrected chi connectivity index (χ0v) is 37.0. The first kappa shape index (κ1) is 51.8. The van der Waals surface area contributed by atoms with Crippen LogP contribution in [0, 0.1) is 5.92 Å². The van der Waals surface area contributed by atoms with Crippen LogP contribution in [0.3, 0.4) is 0 Å². The molecule has 0 aliphatic carbocycles. The van der Waals surface area contributed by atoms with Crippen molar-refractivity contribution in [3.8, 4) is 0 Å². The predicted molar refractivity (Wildman–Crippen MR) is 230 cm³/mol. The molecule has 0 aromatic heterocycles. The van der Waals surface area contributed by atoms with Crippen molar-refractivity contribution in [2.45, 2.75) is 253 Å². The molecule has 0 aliphatic heterocycles. The third-order valence-corrected chi connectivity index (χ3v) is 11.8. The number of esters is 2. The summed E-state index contributed by atoms with van der Waals surface area (Å²) in [5.41, 5.74) is 0. The van der Waals surface area contributed by atoms with E-state index in [0.29, 0.717) is 44.7 Å². The molecule has 1 amide bonds. The van der Waals surface area contributed by atoms with Crippen LogP contribution in [-0.2, 0) is 19.1 Å². The van der Waals surface area contributed by atoms with Gasteiger partial charge in [-0.2, -0.15) is 0 Å². The van der Waals surface area contributed by atoms with Crippen molar-refractivity contribution in [3.05, 3.63) is 0 Å². The van der Waals surface area contributed by atoms with Crippen molar-refractivity contribution in [3.63, 3.8) is 0 Å². The number of nitrogens with zero attached hydrogens (tertiary/aromatic N) is 1. The lowest BCUT2D eigenvalue weighted by molar-refractivity contribution is -0.150. The molecule has 314 valence electrons. The standard InChI is InChI=1S/C46H89NO5S/c1-7-12-16-20-24-32-42(33-25-21-17-13-8-2)51-44(48)36-28-38-47(46(50)53-40-30-31-41(6)11-5)39-29-37-45(49)52-43(34-26-22-18-14-9-3)35-27-23-19-15-10-4/h41-43H,7-40H2,1-6H3. The van der Waals surface area contributed by atoms with Crippen LogP contribution < -0.4 is 0 Å². The summed E-state index contributed by atoms with van der Waals surface area (Å²) in [7, 11) is 0. The molecule has 0 radical (unpaired) electrons. The van der Waals surface area contributed by atoms with Crippen LogP contribution in [0.5, 0.6) is 0 Å². The molecule has 0 aliphatic rings. The van der Waals surface area contributed by atoms with Crippen LogP contribution in [-0.4, -0.2) is 53.1 Å². The minimum atomic E-state index is -0.135. The minimum Gasteiger partial charge on any atom is -0.462 e. The summed E-state index contributed by atoms with van der Waals surface area (Å²) in [5, 5.41) is 0.0601. The number of carbonyl (C=O) groups is 3. The lowest BCUT2D eigenvalue weighted by Gasteiger charge is -2.23. The van der Waals surface area contributed by atoms with Gasteiger partial charge in [0.1, 0.15) is 12.2 Å². The SMILES string of the molecule is CCCCCCCC(CCCCCCC)OC(=O)CCCN(CCCC(=O)OC(CCCCCCC)CCCCCCC)C(=O)SCCCC(C)CC. The smallest absolute Gasteiger partial charge is 0.306 e. The van der Waals surface area contributed by atoms with E-state index < -0.39 is 0 Å². The van der Waals surface area contributed by atoms with E-state index in [-0.39, 0.29) is 29.4 Å². The number of thioether (sulfide) groups is 1. The largest absolute Gasteiger partial charge is 0.462 e. The maximum absolute atomic E-state index is 13.4.